The highest BCUT2D eigenvalue weighted by Crippen LogP contribution is 2.46. The van der Waals surface area contributed by atoms with Crippen LogP contribution in [-0.2, 0) is 37.2 Å². The van der Waals surface area contributed by atoms with Crippen molar-refractivity contribution in [2.45, 2.75) is 75.7 Å². The van der Waals surface area contributed by atoms with Gasteiger partial charge < -0.3 is 9.64 Å². The van der Waals surface area contributed by atoms with E-state index < -0.39 is 15.8 Å². The molecule has 3 aromatic rings. The summed E-state index contributed by atoms with van der Waals surface area (Å²) in [6.45, 7) is 6.91. The summed E-state index contributed by atoms with van der Waals surface area (Å²) >= 11 is 0. The maximum Gasteiger partial charge on any atom is 0.394 e. The lowest BCUT2D eigenvalue weighted by molar-refractivity contribution is -0.149. The molecule has 1 fully saturated rings. The van der Waals surface area contributed by atoms with Crippen LogP contribution in [0.3, 0.4) is 0 Å². The molecule has 7 nitrogen and oxygen atoms in total. The van der Waals surface area contributed by atoms with Gasteiger partial charge in [-0.2, -0.15) is 8.42 Å². The van der Waals surface area contributed by atoms with Crippen molar-refractivity contribution in [1.29, 1.82) is 0 Å². The molecule has 42 heavy (non-hydrogen) atoms. The van der Waals surface area contributed by atoms with Gasteiger partial charge in [-0.05, 0) is 92.2 Å². The Kier molecular flexibility index (Phi) is 10.6. The molecule has 226 valence electrons. The zero-order valence-corrected chi connectivity index (χ0v) is 25.4. The second kappa shape index (κ2) is 14.0. The van der Waals surface area contributed by atoms with Gasteiger partial charge in [0.05, 0.1) is 5.41 Å². The molecule has 1 heterocycles. The van der Waals surface area contributed by atoms with Gasteiger partial charge >= 0.3 is 16.4 Å². The highest BCUT2D eigenvalue weighted by Gasteiger charge is 2.44. The molecular formula is C34H43NO6S. The van der Waals surface area contributed by atoms with E-state index in [4.69, 9.17) is 22.3 Å². The molecule has 0 aromatic heterocycles. The molecule has 1 aliphatic heterocycles. The fourth-order valence-corrected chi connectivity index (χ4v) is 7.26. The van der Waals surface area contributed by atoms with Crippen molar-refractivity contribution in [2.75, 3.05) is 19.6 Å². The smallest absolute Gasteiger partial charge is 0.394 e. The first-order chi connectivity index (χ1) is 20.1. The van der Waals surface area contributed by atoms with Crippen LogP contribution in [0.25, 0.3) is 0 Å². The van der Waals surface area contributed by atoms with E-state index in [1.807, 2.05) is 0 Å². The summed E-state index contributed by atoms with van der Waals surface area (Å²) in [5.74, 6) is -0.209. The monoisotopic (exact) mass is 593 g/mol. The number of carbonyl (C=O) groups is 1. The van der Waals surface area contributed by atoms with E-state index in [0.717, 1.165) is 32.5 Å². The van der Waals surface area contributed by atoms with Crippen LogP contribution in [0.2, 0.25) is 0 Å². The highest BCUT2D eigenvalue weighted by atomic mass is 32.3. The zero-order valence-electron chi connectivity index (χ0n) is 24.6. The van der Waals surface area contributed by atoms with Crippen molar-refractivity contribution < 1.29 is 27.1 Å². The minimum Gasteiger partial charge on any atom is -0.461 e. The average Bonchev–Trinajstić information content (AvgIpc) is 2.98. The number of nitrogens with zero attached hydrogens (tertiary/aromatic N) is 1. The highest BCUT2D eigenvalue weighted by molar-refractivity contribution is 7.79. The van der Waals surface area contributed by atoms with Crippen molar-refractivity contribution >= 4 is 16.4 Å². The minimum atomic E-state index is -4.67. The van der Waals surface area contributed by atoms with Gasteiger partial charge in [-0.1, -0.05) is 91.9 Å². The zero-order chi connectivity index (χ0) is 30.2. The van der Waals surface area contributed by atoms with Crippen LogP contribution in [0.15, 0.2) is 84.9 Å². The van der Waals surface area contributed by atoms with E-state index in [1.54, 1.807) is 11.1 Å². The van der Waals surface area contributed by atoms with Gasteiger partial charge in [-0.3, -0.25) is 13.9 Å². The molecule has 1 unspecified atom stereocenters. The van der Waals surface area contributed by atoms with Gasteiger partial charge in [0, 0.05) is 6.92 Å². The maximum absolute atomic E-state index is 12.3. The van der Waals surface area contributed by atoms with E-state index in [9.17, 15) is 4.79 Å². The summed E-state index contributed by atoms with van der Waals surface area (Å²) in [7, 11) is -4.67. The maximum atomic E-state index is 12.3. The van der Waals surface area contributed by atoms with Crippen LogP contribution >= 0.6 is 0 Å². The molecule has 1 aliphatic carbocycles. The Morgan fingerprint density at radius 3 is 1.95 bits per heavy atom. The van der Waals surface area contributed by atoms with Crippen molar-refractivity contribution in [3.05, 3.63) is 107 Å². The first-order valence-corrected chi connectivity index (χ1v) is 16.3. The predicted molar refractivity (Wildman–Crippen MR) is 165 cm³/mol. The SMILES string of the molecule is CCC(OC(C)=O)C(CCN1CCC2(CCCc3ccccc32)CC1)(c1ccccc1)c1ccccc1.O=S(=O)(O)O. The van der Waals surface area contributed by atoms with E-state index in [0.29, 0.717) is 5.41 Å². The predicted octanol–water partition coefficient (Wildman–Crippen LogP) is 6.42. The molecule has 0 saturated carbocycles. The Balaban J connectivity index is 0.000000748. The first-order valence-electron chi connectivity index (χ1n) is 14.9. The Bertz CT molecular complexity index is 1350. The third-order valence-corrected chi connectivity index (χ3v) is 9.13. The lowest BCUT2D eigenvalue weighted by atomic mass is 9.64. The molecule has 5 rings (SSSR count). The average molecular weight is 594 g/mol. The quantitative estimate of drug-likeness (QED) is 0.229. The van der Waals surface area contributed by atoms with Gasteiger partial charge in [0.2, 0.25) is 0 Å². The van der Waals surface area contributed by atoms with Crippen molar-refractivity contribution in [1.82, 2.24) is 4.90 Å². The molecule has 2 aliphatic rings. The van der Waals surface area contributed by atoms with Crippen LogP contribution in [0.5, 0.6) is 0 Å². The van der Waals surface area contributed by atoms with Crippen molar-refractivity contribution in [3.8, 4) is 0 Å². The molecule has 1 spiro atoms. The summed E-state index contributed by atoms with van der Waals surface area (Å²) in [5, 5.41) is 0. The molecular weight excluding hydrogens is 550 g/mol. The topological polar surface area (TPSA) is 104 Å². The number of rotatable bonds is 8. The second-order valence-corrected chi connectivity index (χ2v) is 12.4. The molecule has 1 saturated heterocycles. The summed E-state index contributed by atoms with van der Waals surface area (Å²) in [6.07, 6.45) is 7.77. The van der Waals surface area contributed by atoms with Gasteiger partial charge in [0.1, 0.15) is 6.10 Å². The summed E-state index contributed by atoms with van der Waals surface area (Å²) in [5.41, 5.74) is 5.60. The lowest BCUT2D eigenvalue weighted by Gasteiger charge is -2.47. The number of aryl methyl sites for hydroxylation is 1. The normalized spacial score (nSPS) is 17.4. The number of piperidine rings is 1. The van der Waals surface area contributed by atoms with Crippen LogP contribution in [0.4, 0.5) is 0 Å². The Labute approximate surface area is 250 Å². The summed E-state index contributed by atoms with van der Waals surface area (Å²) < 4.78 is 37.7. The number of fused-ring (bicyclic) bond motifs is 2. The van der Waals surface area contributed by atoms with E-state index in [-0.39, 0.29) is 12.1 Å². The Hall–Kier alpha value is -3.04. The molecule has 1 atom stereocenters. The molecule has 3 aromatic carbocycles. The van der Waals surface area contributed by atoms with E-state index >= 15 is 0 Å². The standard InChI is InChI=1S/C34H41NO2.H2O4S/c1-3-32(37-27(2)36)34(29-15-6-4-7-16-29,30-17-8-5-9-18-30)23-26-35-24-21-33(22-25-35)20-12-14-28-13-10-11-19-31(28)33;1-5(2,3)4/h4-11,13,15-19,32H,3,12,14,20-26H2,1-2H3;(H2,1,2,3,4). The Morgan fingerprint density at radius 2 is 1.43 bits per heavy atom. The fourth-order valence-electron chi connectivity index (χ4n) is 7.26. The second-order valence-electron chi connectivity index (χ2n) is 11.5. The summed E-state index contributed by atoms with van der Waals surface area (Å²) in [6, 6.07) is 30.6. The van der Waals surface area contributed by atoms with Gasteiger partial charge in [0.25, 0.3) is 0 Å². The fraction of sp³-hybridized carbons (Fsp3) is 0.441. The van der Waals surface area contributed by atoms with E-state index in [2.05, 4.69) is 96.8 Å². The number of esters is 1. The van der Waals surface area contributed by atoms with Crippen LogP contribution in [-0.4, -0.2) is 54.1 Å². The third kappa shape index (κ3) is 7.67. The number of likely N-dealkylation sites (tertiary alicyclic amines) is 1. The van der Waals surface area contributed by atoms with Gasteiger partial charge in [-0.25, -0.2) is 0 Å². The molecule has 0 radical (unpaired) electrons. The molecule has 8 heteroatoms. The van der Waals surface area contributed by atoms with E-state index in [1.165, 1.54) is 50.2 Å². The first kappa shape index (κ1) is 31.9. The van der Waals surface area contributed by atoms with Crippen molar-refractivity contribution in [2.24, 2.45) is 0 Å². The minimum absolute atomic E-state index is 0.209. The summed E-state index contributed by atoms with van der Waals surface area (Å²) in [4.78, 5) is 14.9. The van der Waals surface area contributed by atoms with Gasteiger partial charge in [-0.15, -0.1) is 0 Å². The number of carbonyl (C=O) groups excluding carboxylic acids is 1. The number of ether oxygens (including phenoxy) is 1. The van der Waals surface area contributed by atoms with Crippen LogP contribution < -0.4 is 0 Å². The molecule has 0 bridgehead atoms. The number of hydrogen-bond acceptors (Lipinski definition) is 5. The van der Waals surface area contributed by atoms with Crippen LogP contribution in [0.1, 0.15) is 74.6 Å². The Morgan fingerprint density at radius 1 is 0.905 bits per heavy atom. The number of hydrogen-bond donors (Lipinski definition) is 2. The molecule has 2 N–H and O–H groups in total. The lowest BCUT2D eigenvalue weighted by Crippen LogP contribution is -2.48. The van der Waals surface area contributed by atoms with Crippen molar-refractivity contribution in [3.63, 3.8) is 0 Å². The molecule has 0 amide bonds. The number of benzene rings is 3. The largest absolute Gasteiger partial charge is 0.461 e. The third-order valence-electron chi connectivity index (χ3n) is 9.13. The van der Waals surface area contributed by atoms with Gasteiger partial charge in [0.15, 0.2) is 0 Å². The van der Waals surface area contributed by atoms with Crippen LogP contribution in [0, 0.1) is 0 Å².